The van der Waals surface area contributed by atoms with E-state index in [0.717, 1.165) is 25.4 Å². The lowest BCUT2D eigenvalue weighted by molar-refractivity contribution is 0.0627. The second-order valence-corrected chi connectivity index (χ2v) is 3.52. The molecule has 0 saturated heterocycles. The van der Waals surface area contributed by atoms with Crippen molar-refractivity contribution < 1.29 is 9.47 Å². The van der Waals surface area contributed by atoms with Crippen LogP contribution in [0.3, 0.4) is 0 Å². The highest BCUT2D eigenvalue weighted by Gasteiger charge is 2.10. The summed E-state index contributed by atoms with van der Waals surface area (Å²) in [6.07, 6.45) is 0.121. The zero-order chi connectivity index (χ0) is 11.8. The minimum Gasteiger partial charge on any atom is -0.497 e. The maximum atomic E-state index is 5.70. The number of benzene rings is 1. The monoisotopic (exact) mass is 223 g/mol. The summed E-state index contributed by atoms with van der Waals surface area (Å²) >= 11 is 0. The van der Waals surface area contributed by atoms with Crippen LogP contribution in [0.5, 0.6) is 5.75 Å². The second-order valence-electron chi connectivity index (χ2n) is 3.52. The fourth-order valence-corrected chi connectivity index (χ4v) is 1.57. The molecule has 0 heterocycles. The van der Waals surface area contributed by atoms with Crippen LogP contribution in [0.15, 0.2) is 24.3 Å². The minimum absolute atomic E-state index is 0.121. The van der Waals surface area contributed by atoms with Gasteiger partial charge in [0.05, 0.1) is 13.2 Å². The third-order valence-electron chi connectivity index (χ3n) is 2.44. The van der Waals surface area contributed by atoms with Gasteiger partial charge >= 0.3 is 0 Å². The summed E-state index contributed by atoms with van der Waals surface area (Å²) in [5.74, 6) is 0.877. The van der Waals surface area contributed by atoms with Gasteiger partial charge in [0.1, 0.15) is 5.75 Å². The van der Waals surface area contributed by atoms with Crippen LogP contribution < -0.4 is 10.1 Å². The van der Waals surface area contributed by atoms with Crippen molar-refractivity contribution in [2.45, 2.75) is 20.0 Å². The van der Waals surface area contributed by atoms with Gasteiger partial charge in [-0.2, -0.15) is 0 Å². The highest BCUT2D eigenvalue weighted by atomic mass is 16.5. The Morgan fingerprint density at radius 3 is 2.38 bits per heavy atom. The molecule has 0 aromatic heterocycles. The molecule has 16 heavy (non-hydrogen) atoms. The van der Waals surface area contributed by atoms with Gasteiger partial charge in [-0.25, -0.2) is 0 Å². The van der Waals surface area contributed by atoms with Gasteiger partial charge in [-0.05, 0) is 31.2 Å². The quantitative estimate of drug-likeness (QED) is 0.770. The predicted molar refractivity (Wildman–Crippen MR) is 65.9 cm³/mol. The third kappa shape index (κ3) is 3.83. The van der Waals surface area contributed by atoms with E-state index in [1.165, 1.54) is 5.56 Å². The average Bonchev–Trinajstić information content (AvgIpc) is 2.35. The van der Waals surface area contributed by atoms with Gasteiger partial charge in [0.25, 0.3) is 0 Å². The van der Waals surface area contributed by atoms with Gasteiger partial charge in [-0.15, -0.1) is 0 Å². The molecule has 0 aliphatic heterocycles. The molecule has 1 atom stereocenters. The molecular formula is C13H21NO2. The Morgan fingerprint density at radius 1 is 1.19 bits per heavy atom. The molecule has 0 spiro atoms. The summed E-state index contributed by atoms with van der Waals surface area (Å²) in [5.41, 5.74) is 1.18. The predicted octanol–water partition coefficient (Wildman–Crippen LogP) is 2.38. The molecule has 0 aliphatic rings. The molecule has 1 N–H and O–H groups in total. The smallest absolute Gasteiger partial charge is 0.118 e. The van der Waals surface area contributed by atoms with Crippen LogP contribution in [0.25, 0.3) is 0 Å². The van der Waals surface area contributed by atoms with Crippen LogP contribution in [0.4, 0.5) is 0 Å². The minimum atomic E-state index is 0.121. The topological polar surface area (TPSA) is 30.5 Å². The van der Waals surface area contributed by atoms with Crippen LogP contribution in [-0.2, 0) is 4.74 Å². The number of methoxy groups -OCH3 is 1. The number of nitrogens with one attached hydrogen (secondary N) is 1. The van der Waals surface area contributed by atoms with Crippen molar-refractivity contribution in [1.82, 2.24) is 5.32 Å². The lowest BCUT2D eigenvalue weighted by Crippen LogP contribution is -2.23. The van der Waals surface area contributed by atoms with Crippen molar-refractivity contribution in [1.29, 1.82) is 0 Å². The van der Waals surface area contributed by atoms with E-state index in [1.54, 1.807) is 7.11 Å². The van der Waals surface area contributed by atoms with E-state index < -0.39 is 0 Å². The van der Waals surface area contributed by atoms with E-state index in [-0.39, 0.29) is 6.10 Å². The van der Waals surface area contributed by atoms with Gasteiger partial charge in [0.15, 0.2) is 0 Å². The van der Waals surface area contributed by atoms with E-state index in [4.69, 9.17) is 9.47 Å². The fourth-order valence-electron chi connectivity index (χ4n) is 1.57. The number of likely N-dealkylation sites (N-methyl/N-ethyl adjacent to an activating group) is 1. The normalized spacial score (nSPS) is 12.4. The second kappa shape index (κ2) is 7.25. The Balaban J connectivity index is 2.67. The van der Waals surface area contributed by atoms with E-state index in [9.17, 15) is 0 Å². The molecule has 1 unspecified atom stereocenters. The Hall–Kier alpha value is -1.06. The molecule has 0 aliphatic carbocycles. The molecule has 90 valence electrons. The molecule has 0 saturated carbocycles. The zero-order valence-corrected chi connectivity index (χ0v) is 10.3. The van der Waals surface area contributed by atoms with E-state index >= 15 is 0 Å². The van der Waals surface area contributed by atoms with Crippen LogP contribution in [0.1, 0.15) is 25.5 Å². The lowest BCUT2D eigenvalue weighted by atomic mass is 10.1. The Labute approximate surface area is 97.8 Å². The summed E-state index contributed by atoms with van der Waals surface area (Å²) < 4.78 is 10.8. The van der Waals surface area contributed by atoms with Crippen LogP contribution in [0, 0.1) is 0 Å². The molecular weight excluding hydrogens is 202 g/mol. The molecule has 1 aromatic carbocycles. The molecule has 1 rings (SSSR count). The first-order chi connectivity index (χ1) is 7.81. The van der Waals surface area contributed by atoms with Crippen molar-refractivity contribution in [2.75, 3.05) is 26.8 Å². The molecule has 0 radical (unpaired) electrons. The third-order valence-corrected chi connectivity index (χ3v) is 2.44. The maximum Gasteiger partial charge on any atom is 0.118 e. The average molecular weight is 223 g/mol. The van der Waals surface area contributed by atoms with Crippen LogP contribution in [-0.4, -0.2) is 26.8 Å². The van der Waals surface area contributed by atoms with Crippen LogP contribution >= 0.6 is 0 Å². The van der Waals surface area contributed by atoms with E-state index in [1.807, 2.05) is 19.1 Å². The number of rotatable bonds is 7. The summed E-state index contributed by atoms with van der Waals surface area (Å²) in [6.45, 7) is 6.64. The van der Waals surface area contributed by atoms with Gasteiger partial charge in [0.2, 0.25) is 0 Å². The highest BCUT2D eigenvalue weighted by molar-refractivity contribution is 5.28. The molecule has 0 bridgehead atoms. The summed E-state index contributed by atoms with van der Waals surface area (Å²) in [6, 6.07) is 8.04. The molecule has 3 nitrogen and oxygen atoms in total. The van der Waals surface area contributed by atoms with Crippen molar-refractivity contribution in [3.05, 3.63) is 29.8 Å². The number of hydrogen-bond donors (Lipinski definition) is 1. The summed E-state index contributed by atoms with van der Waals surface area (Å²) in [4.78, 5) is 0. The SMILES string of the molecule is CCNCC(OCC)c1ccc(OC)cc1. The number of ether oxygens (including phenoxy) is 2. The largest absolute Gasteiger partial charge is 0.497 e. The first-order valence-corrected chi connectivity index (χ1v) is 5.78. The summed E-state index contributed by atoms with van der Waals surface area (Å²) in [5, 5.41) is 3.30. The first kappa shape index (κ1) is 13.0. The standard InChI is InChI=1S/C13H21NO2/c1-4-14-10-13(16-5-2)11-6-8-12(15-3)9-7-11/h6-9,13-14H,4-5,10H2,1-3H3. The van der Waals surface area contributed by atoms with Crippen molar-refractivity contribution >= 4 is 0 Å². The highest BCUT2D eigenvalue weighted by Crippen LogP contribution is 2.20. The molecule has 3 heteroatoms. The van der Waals surface area contributed by atoms with Crippen LogP contribution in [0.2, 0.25) is 0 Å². The Morgan fingerprint density at radius 2 is 1.88 bits per heavy atom. The Bertz CT molecular complexity index is 284. The Kier molecular flexibility index (Phi) is 5.90. The van der Waals surface area contributed by atoms with Crippen molar-refractivity contribution in [3.63, 3.8) is 0 Å². The summed E-state index contributed by atoms with van der Waals surface area (Å²) in [7, 11) is 1.67. The fraction of sp³-hybridized carbons (Fsp3) is 0.538. The molecule has 1 aromatic rings. The van der Waals surface area contributed by atoms with Gasteiger partial charge in [-0.3, -0.25) is 0 Å². The first-order valence-electron chi connectivity index (χ1n) is 5.78. The number of hydrogen-bond acceptors (Lipinski definition) is 3. The molecule has 0 fully saturated rings. The lowest BCUT2D eigenvalue weighted by Gasteiger charge is -2.18. The van der Waals surface area contributed by atoms with E-state index in [0.29, 0.717) is 0 Å². The van der Waals surface area contributed by atoms with Gasteiger partial charge in [0, 0.05) is 13.2 Å². The maximum absolute atomic E-state index is 5.70. The van der Waals surface area contributed by atoms with Crippen molar-refractivity contribution in [3.8, 4) is 5.75 Å². The van der Waals surface area contributed by atoms with Gasteiger partial charge in [-0.1, -0.05) is 19.1 Å². The molecule has 0 amide bonds. The van der Waals surface area contributed by atoms with E-state index in [2.05, 4.69) is 24.4 Å². The zero-order valence-electron chi connectivity index (χ0n) is 10.3. The van der Waals surface area contributed by atoms with Gasteiger partial charge < -0.3 is 14.8 Å². The van der Waals surface area contributed by atoms with Crippen molar-refractivity contribution in [2.24, 2.45) is 0 Å².